The van der Waals surface area contributed by atoms with Crippen LogP contribution in [0.3, 0.4) is 0 Å². The van der Waals surface area contributed by atoms with E-state index in [0.29, 0.717) is 0 Å². The number of carbonyl (C=O) groups excluding carboxylic acids is 2. The van der Waals surface area contributed by atoms with Crippen molar-refractivity contribution in [2.24, 2.45) is 11.8 Å². The molecular weight excluding hydrogens is 194 g/mol. The predicted octanol–water partition coefficient (Wildman–Crippen LogP) is 1.10. The first kappa shape index (κ1) is 12.0. The molecule has 0 radical (unpaired) electrons. The van der Waals surface area contributed by atoms with Crippen LogP contribution in [-0.4, -0.2) is 25.0 Å². The average molecular weight is 213 g/mol. The van der Waals surface area contributed by atoms with E-state index in [1.165, 1.54) is 7.11 Å². The van der Waals surface area contributed by atoms with E-state index in [9.17, 15) is 9.59 Å². The first-order valence-corrected chi connectivity index (χ1v) is 5.48. The number of amides is 1. The summed E-state index contributed by atoms with van der Waals surface area (Å²) >= 11 is 0. The molecule has 0 aromatic heterocycles. The van der Waals surface area contributed by atoms with Gasteiger partial charge in [0.1, 0.15) is 6.04 Å². The zero-order valence-corrected chi connectivity index (χ0v) is 9.58. The van der Waals surface area contributed by atoms with Crippen LogP contribution in [0.25, 0.3) is 0 Å². The lowest BCUT2D eigenvalue weighted by Gasteiger charge is -2.21. The molecule has 0 aliphatic heterocycles. The van der Waals surface area contributed by atoms with Gasteiger partial charge in [-0.15, -0.1) is 0 Å². The summed E-state index contributed by atoms with van der Waals surface area (Å²) in [6.45, 7) is 3.93. The second kappa shape index (κ2) is 5.14. The zero-order valence-electron chi connectivity index (χ0n) is 9.58. The number of rotatable bonds is 5. The van der Waals surface area contributed by atoms with Crippen molar-refractivity contribution in [1.82, 2.24) is 5.32 Å². The van der Waals surface area contributed by atoms with Gasteiger partial charge in [-0.05, 0) is 18.8 Å². The Labute approximate surface area is 90.4 Å². The summed E-state index contributed by atoms with van der Waals surface area (Å²) in [4.78, 5) is 23.0. The lowest BCUT2D eigenvalue weighted by molar-refractivity contribution is -0.146. The predicted molar refractivity (Wildman–Crippen MR) is 56.1 cm³/mol. The highest BCUT2D eigenvalue weighted by atomic mass is 16.5. The summed E-state index contributed by atoms with van der Waals surface area (Å²) in [5, 5.41) is 2.77. The third-order valence-electron chi connectivity index (χ3n) is 2.91. The van der Waals surface area contributed by atoms with E-state index in [-0.39, 0.29) is 23.7 Å². The Kier molecular flexibility index (Phi) is 4.12. The molecule has 1 saturated carbocycles. The molecule has 4 nitrogen and oxygen atoms in total. The molecule has 1 aliphatic rings. The molecule has 4 heteroatoms. The summed E-state index contributed by atoms with van der Waals surface area (Å²) < 4.78 is 4.68. The molecule has 1 N–H and O–H groups in total. The molecule has 1 amide bonds. The van der Waals surface area contributed by atoms with E-state index in [2.05, 4.69) is 10.1 Å². The summed E-state index contributed by atoms with van der Waals surface area (Å²) in [5.74, 6) is -0.120. The van der Waals surface area contributed by atoms with Gasteiger partial charge in [0, 0.05) is 5.92 Å². The number of methoxy groups -OCH3 is 1. The fourth-order valence-corrected chi connectivity index (χ4v) is 1.41. The van der Waals surface area contributed by atoms with Crippen molar-refractivity contribution in [3.63, 3.8) is 0 Å². The van der Waals surface area contributed by atoms with Crippen LogP contribution < -0.4 is 5.32 Å². The minimum Gasteiger partial charge on any atom is -0.467 e. The Hall–Kier alpha value is -1.06. The fraction of sp³-hybridized carbons (Fsp3) is 0.818. The first-order chi connectivity index (χ1) is 7.10. The van der Waals surface area contributed by atoms with Gasteiger partial charge in [-0.1, -0.05) is 20.3 Å². The minimum absolute atomic E-state index is 0.00861. The smallest absolute Gasteiger partial charge is 0.328 e. The summed E-state index contributed by atoms with van der Waals surface area (Å²) in [7, 11) is 1.35. The molecular formula is C11H19NO3. The number of esters is 1. The Morgan fingerprint density at radius 3 is 2.47 bits per heavy atom. The summed E-state index contributed by atoms with van der Waals surface area (Å²) in [6, 6.07) is -0.493. The van der Waals surface area contributed by atoms with E-state index in [1.54, 1.807) is 0 Å². The van der Waals surface area contributed by atoms with Gasteiger partial charge in [-0.3, -0.25) is 4.79 Å². The minimum atomic E-state index is -0.493. The number of hydrogen-bond acceptors (Lipinski definition) is 3. The van der Waals surface area contributed by atoms with Gasteiger partial charge in [-0.2, -0.15) is 0 Å². The van der Waals surface area contributed by atoms with E-state index in [0.717, 1.165) is 19.3 Å². The molecule has 0 heterocycles. The zero-order chi connectivity index (χ0) is 11.4. The normalized spacial score (nSPS) is 19.1. The number of ether oxygens (including phenoxy) is 1. The molecule has 0 spiro atoms. The van der Waals surface area contributed by atoms with Crippen molar-refractivity contribution in [1.29, 1.82) is 0 Å². The van der Waals surface area contributed by atoms with Gasteiger partial charge in [0.05, 0.1) is 7.11 Å². The number of carbonyl (C=O) groups is 2. The van der Waals surface area contributed by atoms with Crippen LogP contribution in [0.4, 0.5) is 0 Å². The molecule has 1 aliphatic carbocycles. The standard InChI is InChI=1S/C11H19NO3/c1-4-7(2)9(11(14)15-3)12-10(13)8-5-6-8/h7-9H,4-6H2,1-3H3,(H,12,13). The van der Waals surface area contributed by atoms with Crippen molar-refractivity contribution < 1.29 is 14.3 Å². The first-order valence-electron chi connectivity index (χ1n) is 5.48. The second-order valence-electron chi connectivity index (χ2n) is 4.17. The van der Waals surface area contributed by atoms with Gasteiger partial charge in [-0.25, -0.2) is 4.79 Å². The van der Waals surface area contributed by atoms with Crippen LogP contribution in [0.1, 0.15) is 33.1 Å². The maximum atomic E-state index is 11.5. The van der Waals surface area contributed by atoms with Crippen LogP contribution in [0.15, 0.2) is 0 Å². The van der Waals surface area contributed by atoms with Gasteiger partial charge in [0.15, 0.2) is 0 Å². The van der Waals surface area contributed by atoms with Crippen molar-refractivity contribution in [2.45, 2.75) is 39.2 Å². The number of hydrogen-bond donors (Lipinski definition) is 1. The molecule has 15 heavy (non-hydrogen) atoms. The number of nitrogens with one attached hydrogen (secondary N) is 1. The maximum Gasteiger partial charge on any atom is 0.328 e. The van der Waals surface area contributed by atoms with Crippen LogP contribution in [0.2, 0.25) is 0 Å². The van der Waals surface area contributed by atoms with Crippen LogP contribution in [0, 0.1) is 11.8 Å². The average Bonchev–Trinajstić information content (AvgIpc) is 3.07. The monoisotopic (exact) mass is 213 g/mol. The third-order valence-corrected chi connectivity index (χ3v) is 2.91. The Morgan fingerprint density at radius 2 is 2.07 bits per heavy atom. The molecule has 0 saturated heterocycles. The largest absolute Gasteiger partial charge is 0.467 e. The van der Waals surface area contributed by atoms with Crippen molar-refractivity contribution in [3.05, 3.63) is 0 Å². The maximum absolute atomic E-state index is 11.5. The van der Waals surface area contributed by atoms with Gasteiger partial charge in [0.2, 0.25) is 5.91 Å². The Balaban J connectivity index is 2.54. The van der Waals surface area contributed by atoms with E-state index in [4.69, 9.17) is 0 Å². The lowest BCUT2D eigenvalue weighted by Crippen LogP contribution is -2.46. The molecule has 2 unspecified atom stereocenters. The van der Waals surface area contributed by atoms with E-state index < -0.39 is 6.04 Å². The molecule has 2 atom stereocenters. The SMILES string of the molecule is CCC(C)C(NC(=O)C1CC1)C(=O)OC. The van der Waals surface area contributed by atoms with Crippen molar-refractivity contribution >= 4 is 11.9 Å². The van der Waals surface area contributed by atoms with Gasteiger partial charge >= 0.3 is 5.97 Å². The van der Waals surface area contributed by atoms with Crippen molar-refractivity contribution in [2.75, 3.05) is 7.11 Å². The molecule has 1 fully saturated rings. The third kappa shape index (κ3) is 3.22. The Morgan fingerprint density at radius 1 is 1.47 bits per heavy atom. The fourth-order valence-electron chi connectivity index (χ4n) is 1.41. The second-order valence-corrected chi connectivity index (χ2v) is 4.17. The van der Waals surface area contributed by atoms with Gasteiger partial charge < -0.3 is 10.1 Å². The van der Waals surface area contributed by atoms with Crippen LogP contribution >= 0.6 is 0 Å². The lowest BCUT2D eigenvalue weighted by atomic mass is 9.99. The molecule has 1 rings (SSSR count). The van der Waals surface area contributed by atoms with Crippen molar-refractivity contribution in [3.8, 4) is 0 Å². The highest BCUT2D eigenvalue weighted by Crippen LogP contribution is 2.29. The van der Waals surface area contributed by atoms with E-state index >= 15 is 0 Å². The highest BCUT2D eigenvalue weighted by molar-refractivity contribution is 5.87. The Bertz CT molecular complexity index is 248. The highest BCUT2D eigenvalue weighted by Gasteiger charge is 2.34. The quantitative estimate of drug-likeness (QED) is 0.696. The molecule has 0 aromatic rings. The molecule has 0 aromatic carbocycles. The van der Waals surface area contributed by atoms with E-state index in [1.807, 2.05) is 13.8 Å². The molecule has 86 valence electrons. The van der Waals surface area contributed by atoms with Crippen LogP contribution in [-0.2, 0) is 14.3 Å². The topological polar surface area (TPSA) is 55.4 Å². The molecule has 0 bridgehead atoms. The summed E-state index contributed by atoms with van der Waals surface area (Å²) in [5.41, 5.74) is 0. The summed E-state index contributed by atoms with van der Waals surface area (Å²) in [6.07, 6.45) is 2.73. The van der Waals surface area contributed by atoms with Crippen LogP contribution in [0.5, 0.6) is 0 Å². The van der Waals surface area contributed by atoms with Gasteiger partial charge in [0.25, 0.3) is 0 Å².